The minimum atomic E-state index is -0.209. The van der Waals surface area contributed by atoms with Gasteiger partial charge >= 0.3 is 5.69 Å². The van der Waals surface area contributed by atoms with E-state index in [0.29, 0.717) is 6.54 Å². The van der Waals surface area contributed by atoms with Crippen molar-refractivity contribution in [2.24, 2.45) is 0 Å². The number of para-hydroxylation sites is 2. The SMILES string of the molecule is CCCn1c(=O)n(CC(=O)Nc2ccc(N3CCN(Cc4ccccc4)CC3)cc2)c2ccccc21. The molecule has 1 amide bonds. The second kappa shape index (κ2) is 10.8. The Bertz CT molecular complexity index is 1370. The molecule has 1 aliphatic rings. The topological polar surface area (TPSA) is 62.5 Å². The number of amides is 1. The van der Waals surface area contributed by atoms with Gasteiger partial charge in [0.15, 0.2) is 0 Å². The molecular formula is C29H33N5O2. The number of piperazine rings is 1. The van der Waals surface area contributed by atoms with E-state index in [9.17, 15) is 9.59 Å². The van der Waals surface area contributed by atoms with Crippen molar-refractivity contribution in [2.75, 3.05) is 36.4 Å². The highest BCUT2D eigenvalue weighted by atomic mass is 16.2. The molecule has 0 aliphatic carbocycles. The number of hydrogen-bond acceptors (Lipinski definition) is 4. The van der Waals surface area contributed by atoms with Gasteiger partial charge in [0.2, 0.25) is 5.91 Å². The van der Waals surface area contributed by atoms with E-state index < -0.39 is 0 Å². The van der Waals surface area contributed by atoms with E-state index in [1.54, 1.807) is 9.13 Å². The van der Waals surface area contributed by atoms with Crippen LogP contribution in [0.4, 0.5) is 11.4 Å². The van der Waals surface area contributed by atoms with E-state index in [4.69, 9.17) is 0 Å². The molecule has 0 saturated carbocycles. The summed E-state index contributed by atoms with van der Waals surface area (Å²) in [7, 11) is 0. The molecule has 0 atom stereocenters. The number of nitrogens with zero attached hydrogens (tertiary/aromatic N) is 4. The molecular weight excluding hydrogens is 450 g/mol. The molecule has 186 valence electrons. The number of carbonyl (C=O) groups excluding carboxylic acids is 1. The lowest BCUT2D eigenvalue weighted by atomic mass is 10.2. The molecule has 7 heteroatoms. The number of aryl methyl sites for hydroxylation is 1. The van der Waals surface area contributed by atoms with Crippen molar-refractivity contribution < 1.29 is 4.79 Å². The first-order valence-electron chi connectivity index (χ1n) is 12.7. The molecule has 1 saturated heterocycles. The lowest BCUT2D eigenvalue weighted by molar-refractivity contribution is -0.116. The van der Waals surface area contributed by atoms with Crippen LogP contribution in [-0.4, -0.2) is 46.1 Å². The molecule has 7 nitrogen and oxygen atoms in total. The molecule has 1 fully saturated rings. The number of anilines is 2. The first-order valence-corrected chi connectivity index (χ1v) is 12.7. The molecule has 4 aromatic rings. The maximum absolute atomic E-state index is 12.9. The quantitative estimate of drug-likeness (QED) is 0.409. The number of nitrogens with one attached hydrogen (secondary N) is 1. The van der Waals surface area contributed by atoms with Crippen molar-refractivity contribution in [3.63, 3.8) is 0 Å². The Morgan fingerprint density at radius 1 is 0.806 bits per heavy atom. The van der Waals surface area contributed by atoms with Gasteiger partial charge in [-0.2, -0.15) is 0 Å². The van der Waals surface area contributed by atoms with Gasteiger partial charge in [-0.25, -0.2) is 4.79 Å². The van der Waals surface area contributed by atoms with Gasteiger partial charge in [-0.3, -0.25) is 18.8 Å². The zero-order valence-electron chi connectivity index (χ0n) is 20.8. The minimum absolute atomic E-state index is 0.0127. The third-order valence-corrected chi connectivity index (χ3v) is 6.81. The Hall–Kier alpha value is -3.84. The number of benzene rings is 3. The molecule has 36 heavy (non-hydrogen) atoms. The molecule has 0 unspecified atom stereocenters. The molecule has 5 rings (SSSR count). The summed E-state index contributed by atoms with van der Waals surface area (Å²) in [4.78, 5) is 30.6. The summed E-state index contributed by atoms with van der Waals surface area (Å²) in [6, 6.07) is 26.2. The van der Waals surface area contributed by atoms with Crippen LogP contribution in [-0.2, 0) is 24.4 Å². The normalized spacial score (nSPS) is 14.3. The van der Waals surface area contributed by atoms with Crippen LogP contribution in [0.15, 0.2) is 83.7 Å². The maximum atomic E-state index is 12.9. The van der Waals surface area contributed by atoms with Crippen LogP contribution < -0.4 is 15.9 Å². The highest BCUT2D eigenvalue weighted by Gasteiger charge is 2.18. The summed E-state index contributed by atoms with van der Waals surface area (Å²) in [5.74, 6) is -0.209. The van der Waals surface area contributed by atoms with Crippen LogP contribution >= 0.6 is 0 Å². The standard InChI is InChI=1S/C29H33N5O2/c1-2-16-33-26-10-6-7-11-27(26)34(29(33)36)22-28(35)30-24-12-14-25(15-13-24)32-19-17-31(18-20-32)21-23-8-4-3-5-9-23/h3-15H,2,16-22H2,1H3,(H,30,35). The smallest absolute Gasteiger partial charge is 0.329 e. The van der Waals surface area contributed by atoms with E-state index in [0.717, 1.165) is 61.6 Å². The second-order valence-corrected chi connectivity index (χ2v) is 9.35. The predicted molar refractivity (Wildman–Crippen MR) is 145 cm³/mol. The van der Waals surface area contributed by atoms with Crippen LogP contribution in [0.25, 0.3) is 11.0 Å². The fourth-order valence-electron chi connectivity index (χ4n) is 4.97. The van der Waals surface area contributed by atoms with Crippen molar-refractivity contribution in [3.05, 3.63) is 94.9 Å². The first-order chi connectivity index (χ1) is 17.6. The lowest BCUT2D eigenvalue weighted by Crippen LogP contribution is -2.45. The number of aromatic nitrogens is 2. The van der Waals surface area contributed by atoms with Gasteiger partial charge in [-0.05, 0) is 48.4 Å². The highest BCUT2D eigenvalue weighted by molar-refractivity contribution is 5.91. The number of fused-ring (bicyclic) bond motifs is 1. The monoisotopic (exact) mass is 483 g/mol. The number of carbonyl (C=O) groups is 1. The average Bonchev–Trinajstić information content (AvgIpc) is 3.16. The molecule has 1 aliphatic heterocycles. The van der Waals surface area contributed by atoms with Crippen LogP contribution in [0.5, 0.6) is 0 Å². The molecule has 2 heterocycles. The summed E-state index contributed by atoms with van der Waals surface area (Å²) in [6.45, 7) is 7.64. The Balaban J connectivity index is 1.18. The zero-order valence-corrected chi connectivity index (χ0v) is 20.8. The van der Waals surface area contributed by atoms with Gasteiger partial charge in [-0.1, -0.05) is 49.4 Å². The average molecular weight is 484 g/mol. The third-order valence-electron chi connectivity index (χ3n) is 6.81. The van der Waals surface area contributed by atoms with Crippen molar-refractivity contribution in [1.82, 2.24) is 14.0 Å². The molecule has 0 bridgehead atoms. The fraction of sp³-hybridized carbons (Fsp3) is 0.310. The number of rotatable bonds is 8. The molecule has 1 aromatic heterocycles. The molecule has 3 aromatic carbocycles. The Kier molecular flexibility index (Phi) is 7.18. The van der Waals surface area contributed by atoms with E-state index in [1.807, 2.05) is 43.3 Å². The van der Waals surface area contributed by atoms with Gasteiger partial charge < -0.3 is 10.2 Å². The second-order valence-electron chi connectivity index (χ2n) is 9.35. The summed E-state index contributed by atoms with van der Waals surface area (Å²) in [5, 5.41) is 2.95. The summed E-state index contributed by atoms with van der Waals surface area (Å²) >= 11 is 0. The first kappa shape index (κ1) is 23.9. The van der Waals surface area contributed by atoms with Crippen molar-refractivity contribution in [2.45, 2.75) is 33.0 Å². The summed E-state index contributed by atoms with van der Waals surface area (Å²) < 4.78 is 3.31. The molecule has 1 N–H and O–H groups in total. The predicted octanol–water partition coefficient (Wildman–Crippen LogP) is 4.17. The molecule has 0 spiro atoms. The Labute approximate surface area is 211 Å². The van der Waals surface area contributed by atoms with E-state index in [-0.39, 0.29) is 18.1 Å². The van der Waals surface area contributed by atoms with E-state index >= 15 is 0 Å². The number of hydrogen-bond donors (Lipinski definition) is 1. The van der Waals surface area contributed by atoms with E-state index in [1.165, 1.54) is 5.56 Å². The molecule has 0 radical (unpaired) electrons. The zero-order chi connectivity index (χ0) is 24.9. The van der Waals surface area contributed by atoms with E-state index in [2.05, 4.69) is 57.6 Å². The highest BCUT2D eigenvalue weighted by Crippen LogP contribution is 2.21. The summed E-state index contributed by atoms with van der Waals surface area (Å²) in [6.07, 6.45) is 0.856. The Morgan fingerprint density at radius 3 is 2.11 bits per heavy atom. The third kappa shape index (κ3) is 5.21. The Morgan fingerprint density at radius 2 is 1.44 bits per heavy atom. The minimum Gasteiger partial charge on any atom is -0.369 e. The van der Waals surface area contributed by atoms with Crippen molar-refractivity contribution >= 4 is 28.3 Å². The largest absolute Gasteiger partial charge is 0.369 e. The van der Waals surface area contributed by atoms with Gasteiger partial charge in [-0.15, -0.1) is 0 Å². The van der Waals surface area contributed by atoms with Crippen LogP contribution in [0.3, 0.4) is 0 Å². The fourth-order valence-corrected chi connectivity index (χ4v) is 4.97. The summed E-state index contributed by atoms with van der Waals surface area (Å²) in [5.41, 5.74) is 4.75. The van der Waals surface area contributed by atoms with Crippen molar-refractivity contribution in [1.29, 1.82) is 0 Å². The van der Waals surface area contributed by atoms with Gasteiger partial charge in [0.1, 0.15) is 6.54 Å². The maximum Gasteiger partial charge on any atom is 0.329 e. The van der Waals surface area contributed by atoms with Gasteiger partial charge in [0.05, 0.1) is 11.0 Å². The lowest BCUT2D eigenvalue weighted by Gasteiger charge is -2.36. The van der Waals surface area contributed by atoms with Crippen molar-refractivity contribution in [3.8, 4) is 0 Å². The van der Waals surface area contributed by atoms with Gasteiger partial charge in [0.25, 0.3) is 0 Å². The van der Waals surface area contributed by atoms with Gasteiger partial charge in [0, 0.05) is 50.6 Å². The van der Waals surface area contributed by atoms with Crippen LogP contribution in [0, 0.1) is 0 Å². The van der Waals surface area contributed by atoms with Crippen LogP contribution in [0.1, 0.15) is 18.9 Å². The number of imidazole rings is 1. The van der Waals surface area contributed by atoms with Crippen LogP contribution in [0.2, 0.25) is 0 Å².